The highest BCUT2D eigenvalue weighted by molar-refractivity contribution is 6.30. The molecule has 11 heteroatoms. The van der Waals surface area contributed by atoms with Crippen LogP contribution in [0.15, 0.2) is 30.3 Å². The third-order valence-corrected chi connectivity index (χ3v) is 4.99. The van der Waals surface area contributed by atoms with Crippen molar-refractivity contribution in [3.05, 3.63) is 62.4 Å². The van der Waals surface area contributed by atoms with E-state index in [4.69, 9.17) is 17.3 Å². The number of nitrogens with two attached hydrogens (primary N) is 1. The van der Waals surface area contributed by atoms with Gasteiger partial charge in [0.15, 0.2) is 0 Å². The van der Waals surface area contributed by atoms with Crippen molar-refractivity contribution in [3.8, 4) is 0 Å². The van der Waals surface area contributed by atoms with E-state index in [2.05, 4.69) is 4.90 Å². The van der Waals surface area contributed by atoms with Gasteiger partial charge in [0.05, 0.1) is 9.95 Å². The zero-order chi connectivity index (χ0) is 18.8. The first-order valence-electron chi connectivity index (χ1n) is 8.31. The van der Waals surface area contributed by atoms with Gasteiger partial charge in [0.1, 0.15) is 11.5 Å². The maximum atomic E-state index is 14.1. The van der Waals surface area contributed by atoms with Crippen LogP contribution in [0.3, 0.4) is 0 Å². The van der Waals surface area contributed by atoms with E-state index in [-0.39, 0.29) is 45.9 Å². The Labute approximate surface area is 185 Å². The van der Waals surface area contributed by atoms with Gasteiger partial charge in [-0.3, -0.25) is 15.0 Å². The first-order valence-corrected chi connectivity index (χ1v) is 8.69. The number of rotatable bonds is 4. The van der Waals surface area contributed by atoms with Gasteiger partial charge in [-0.05, 0) is 24.6 Å². The first kappa shape index (κ1) is 27.2. The second kappa shape index (κ2) is 11.4. The van der Waals surface area contributed by atoms with Crippen LogP contribution in [0.4, 0.5) is 21.5 Å². The highest BCUT2D eigenvalue weighted by Crippen LogP contribution is 2.33. The van der Waals surface area contributed by atoms with Gasteiger partial charge in [-0.25, -0.2) is 4.39 Å². The largest absolute Gasteiger partial charge is 0.412 e. The van der Waals surface area contributed by atoms with Crippen LogP contribution in [0, 0.1) is 22.9 Å². The quantitative estimate of drug-likeness (QED) is 0.418. The number of nitro benzene ring substituents is 1. The standard InChI is InChI=1S/C18H20ClFN4O2.2ClH.H2O/c1-12-9-17(24(25)26)16(10-15(12)21)23-7-5-22(6-8-23)11-13-3-2-4-14(19)18(13)20;;;/h2-4,9-10H,5-8,11,21H2,1H3;2*1H;1H2. The zero-order valence-corrected chi connectivity index (χ0v) is 18.1. The van der Waals surface area contributed by atoms with Crippen LogP contribution < -0.4 is 10.6 Å². The Morgan fingerprint density at radius 2 is 1.83 bits per heavy atom. The summed E-state index contributed by atoms with van der Waals surface area (Å²) in [4.78, 5) is 15.1. The van der Waals surface area contributed by atoms with Crippen molar-refractivity contribution >= 4 is 53.5 Å². The molecular weight excluding hydrogens is 446 g/mol. The number of halogens is 4. The Bertz CT molecular complexity index is 849. The lowest BCUT2D eigenvalue weighted by molar-refractivity contribution is -0.384. The second-order valence-corrected chi connectivity index (χ2v) is 6.84. The molecule has 1 heterocycles. The topological polar surface area (TPSA) is 107 Å². The number of piperazine rings is 1. The minimum absolute atomic E-state index is 0. The Hall–Kier alpha value is -1.84. The normalized spacial score (nSPS) is 13.7. The van der Waals surface area contributed by atoms with E-state index in [0.717, 1.165) is 0 Å². The fourth-order valence-corrected chi connectivity index (χ4v) is 3.35. The molecule has 0 radical (unpaired) electrons. The average molecular weight is 470 g/mol. The molecule has 0 unspecified atom stereocenters. The van der Waals surface area contributed by atoms with Crippen LogP contribution >= 0.6 is 36.4 Å². The molecule has 0 spiro atoms. The monoisotopic (exact) mass is 468 g/mol. The molecule has 0 aromatic heterocycles. The van der Waals surface area contributed by atoms with Crippen molar-refractivity contribution in [2.75, 3.05) is 36.8 Å². The summed E-state index contributed by atoms with van der Waals surface area (Å²) in [6.07, 6.45) is 0. The molecule has 0 atom stereocenters. The zero-order valence-electron chi connectivity index (χ0n) is 15.7. The summed E-state index contributed by atoms with van der Waals surface area (Å²) in [7, 11) is 0. The molecule has 7 nitrogen and oxygen atoms in total. The summed E-state index contributed by atoms with van der Waals surface area (Å²) < 4.78 is 14.1. The Kier molecular flexibility index (Phi) is 10.7. The minimum atomic E-state index is -0.390. The van der Waals surface area contributed by atoms with Crippen molar-refractivity contribution in [1.29, 1.82) is 0 Å². The maximum Gasteiger partial charge on any atom is 0.292 e. The van der Waals surface area contributed by atoms with Crippen LogP contribution in [-0.2, 0) is 6.54 Å². The maximum absolute atomic E-state index is 14.1. The fraction of sp³-hybridized carbons (Fsp3) is 0.333. The lowest BCUT2D eigenvalue weighted by atomic mass is 10.1. The van der Waals surface area contributed by atoms with Gasteiger partial charge in [-0.15, -0.1) is 24.8 Å². The van der Waals surface area contributed by atoms with Gasteiger partial charge in [0.25, 0.3) is 5.69 Å². The number of aryl methyl sites for hydroxylation is 1. The van der Waals surface area contributed by atoms with E-state index in [0.29, 0.717) is 55.2 Å². The summed E-state index contributed by atoms with van der Waals surface area (Å²) in [5, 5.41) is 11.5. The fourth-order valence-electron chi connectivity index (χ4n) is 3.16. The molecule has 2 aromatic rings. The van der Waals surface area contributed by atoms with Crippen molar-refractivity contribution in [2.45, 2.75) is 13.5 Å². The number of anilines is 2. The predicted octanol–water partition coefficient (Wildman–Crippen LogP) is 3.62. The number of nitrogens with zero attached hydrogens (tertiary/aromatic N) is 3. The van der Waals surface area contributed by atoms with E-state index >= 15 is 0 Å². The van der Waals surface area contributed by atoms with Gasteiger partial charge in [0.2, 0.25) is 0 Å². The predicted molar refractivity (Wildman–Crippen MR) is 119 cm³/mol. The summed E-state index contributed by atoms with van der Waals surface area (Å²) >= 11 is 5.83. The van der Waals surface area contributed by atoms with Gasteiger partial charge in [-0.2, -0.15) is 0 Å². The summed E-state index contributed by atoms with van der Waals surface area (Å²) in [5.74, 6) is -0.390. The number of nitrogen functional groups attached to an aromatic ring is 1. The van der Waals surface area contributed by atoms with E-state index in [1.165, 1.54) is 12.1 Å². The third kappa shape index (κ3) is 6.07. The van der Waals surface area contributed by atoms with E-state index in [1.54, 1.807) is 25.1 Å². The molecule has 3 rings (SSSR count). The smallest absolute Gasteiger partial charge is 0.292 e. The Morgan fingerprint density at radius 1 is 1.21 bits per heavy atom. The lowest BCUT2D eigenvalue weighted by Gasteiger charge is -2.36. The van der Waals surface area contributed by atoms with Crippen molar-refractivity contribution in [3.63, 3.8) is 0 Å². The Morgan fingerprint density at radius 3 is 2.41 bits per heavy atom. The van der Waals surface area contributed by atoms with Crippen LogP contribution in [0.25, 0.3) is 0 Å². The third-order valence-electron chi connectivity index (χ3n) is 4.70. The summed E-state index contributed by atoms with van der Waals surface area (Å²) in [6.45, 7) is 4.74. The molecule has 29 heavy (non-hydrogen) atoms. The molecule has 4 N–H and O–H groups in total. The Balaban J connectivity index is 0.00000261. The molecule has 162 valence electrons. The molecular formula is C18H24Cl3FN4O3. The first-order chi connectivity index (χ1) is 12.4. The highest BCUT2D eigenvalue weighted by Gasteiger charge is 2.25. The molecule has 0 saturated carbocycles. The number of hydrogen-bond donors (Lipinski definition) is 1. The second-order valence-electron chi connectivity index (χ2n) is 6.43. The van der Waals surface area contributed by atoms with Crippen LogP contribution in [0.5, 0.6) is 0 Å². The molecule has 1 aliphatic heterocycles. The summed E-state index contributed by atoms with van der Waals surface area (Å²) in [5.41, 5.74) is 8.32. The molecule has 0 amide bonds. The van der Waals surface area contributed by atoms with Crippen LogP contribution in [0.1, 0.15) is 11.1 Å². The molecule has 1 saturated heterocycles. The summed E-state index contributed by atoms with van der Waals surface area (Å²) in [6, 6.07) is 8.16. The van der Waals surface area contributed by atoms with Crippen molar-refractivity contribution in [2.24, 2.45) is 0 Å². The van der Waals surface area contributed by atoms with Crippen LogP contribution in [0.2, 0.25) is 5.02 Å². The molecule has 0 bridgehead atoms. The average Bonchev–Trinajstić information content (AvgIpc) is 2.61. The number of benzene rings is 2. The molecule has 1 fully saturated rings. The van der Waals surface area contributed by atoms with E-state index < -0.39 is 5.82 Å². The number of hydrogen-bond acceptors (Lipinski definition) is 5. The molecule has 0 aliphatic carbocycles. The van der Waals surface area contributed by atoms with Crippen LogP contribution in [-0.4, -0.2) is 41.5 Å². The lowest BCUT2D eigenvalue weighted by Crippen LogP contribution is -2.46. The van der Waals surface area contributed by atoms with Gasteiger partial charge in [-0.1, -0.05) is 23.7 Å². The number of nitro groups is 1. The molecule has 2 aromatic carbocycles. The van der Waals surface area contributed by atoms with E-state index in [1.807, 2.05) is 4.90 Å². The van der Waals surface area contributed by atoms with Gasteiger partial charge in [0, 0.05) is 50.0 Å². The van der Waals surface area contributed by atoms with Crippen molar-refractivity contribution < 1.29 is 14.8 Å². The SMILES string of the molecule is Cc1cc([N+](=O)[O-])c(N2CCN(Cc3cccc(Cl)c3F)CC2)cc1N.Cl.Cl.O. The molecule has 1 aliphatic rings. The minimum Gasteiger partial charge on any atom is -0.412 e. The van der Waals surface area contributed by atoms with E-state index in [9.17, 15) is 14.5 Å². The van der Waals surface area contributed by atoms with Crippen molar-refractivity contribution in [1.82, 2.24) is 4.90 Å². The van der Waals surface area contributed by atoms with Gasteiger partial charge < -0.3 is 16.1 Å². The van der Waals surface area contributed by atoms with Gasteiger partial charge >= 0.3 is 0 Å². The highest BCUT2D eigenvalue weighted by atomic mass is 35.5.